The molecule has 5 nitrogen and oxygen atoms in total. The number of ether oxygens (including phenoxy) is 1. The van der Waals surface area contributed by atoms with Crippen LogP contribution in [0.5, 0.6) is 5.75 Å². The first kappa shape index (κ1) is 15.3. The van der Waals surface area contributed by atoms with E-state index in [0.717, 1.165) is 38.0 Å². The number of hydrogen-bond donors (Lipinski definition) is 2. The molecule has 21 heavy (non-hydrogen) atoms. The number of carbonyl (C=O) groups excluding carboxylic acids is 1. The smallest absolute Gasteiger partial charge is 0.231 e. The largest absolute Gasteiger partial charge is 0.479 e. The maximum Gasteiger partial charge on any atom is 0.231 e. The molecule has 1 unspecified atom stereocenters. The fourth-order valence-electron chi connectivity index (χ4n) is 2.76. The predicted octanol–water partition coefficient (Wildman–Crippen LogP) is 2.31. The molecule has 1 saturated heterocycles. The van der Waals surface area contributed by atoms with Crippen LogP contribution >= 0.6 is 0 Å². The van der Waals surface area contributed by atoms with Crippen molar-refractivity contribution in [2.24, 2.45) is 5.41 Å². The zero-order valence-corrected chi connectivity index (χ0v) is 12.3. The second-order valence-electron chi connectivity index (χ2n) is 5.38. The van der Waals surface area contributed by atoms with Crippen LogP contribution in [0.15, 0.2) is 24.3 Å². The summed E-state index contributed by atoms with van der Waals surface area (Å²) in [7, 11) is 0. The topological polar surface area (TPSA) is 74.1 Å². The Labute approximate surface area is 125 Å². The van der Waals surface area contributed by atoms with E-state index in [4.69, 9.17) is 10.00 Å². The van der Waals surface area contributed by atoms with Gasteiger partial charge in [-0.3, -0.25) is 4.79 Å². The van der Waals surface area contributed by atoms with Gasteiger partial charge in [-0.1, -0.05) is 13.3 Å². The molecule has 0 saturated carbocycles. The molecular formula is C16H21N3O2. The summed E-state index contributed by atoms with van der Waals surface area (Å²) in [5.74, 6) is 0.709. The Kier molecular flexibility index (Phi) is 5.18. The van der Waals surface area contributed by atoms with E-state index >= 15 is 0 Å². The van der Waals surface area contributed by atoms with Gasteiger partial charge in [-0.25, -0.2) is 0 Å². The highest BCUT2D eigenvalue weighted by molar-refractivity contribution is 5.95. The summed E-state index contributed by atoms with van der Waals surface area (Å²) in [5, 5.41) is 14.7. The first-order valence-electron chi connectivity index (χ1n) is 7.32. The molecule has 0 aliphatic carbocycles. The van der Waals surface area contributed by atoms with Gasteiger partial charge in [-0.05, 0) is 43.7 Å². The second-order valence-corrected chi connectivity index (χ2v) is 5.38. The highest BCUT2D eigenvalue weighted by Gasteiger charge is 2.40. The molecule has 0 spiro atoms. The van der Waals surface area contributed by atoms with E-state index in [2.05, 4.69) is 17.6 Å². The van der Waals surface area contributed by atoms with E-state index in [-0.39, 0.29) is 17.9 Å². The van der Waals surface area contributed by atoms with Gasteiger partial charge in [0.05, 0.1) is 5.41 Å². The van der Waals surface area contributed by atoms with E-state index < -0.39 is 0 Å². The summed E-state index contributed by atoms with van der Waals surface area (Å²) in [6.45, 7) is 3.77. The van der Waals surface area contributed by atoms with Gasteiger partial charge in [0.15, 0.2) is 6.61 Å². The molecule has 0 radical (unpaired) electrons. The van der Waals surface area contributed by atoms with Crippen molar-refractivity contribution in [3.8, 4) is 11.8 Å². The zero-order chi connectivity index (χ0) is 15.1. The average molecular weight is 287 g/mol. The summed E-state index contributed by atoms with van der Waals surface area (Å²) in [4.78, 5) is 12.6. The van der Waals surface area contributed by atoms with E-state index in [1.165, 1.54) is 0 Å². The Balaban J connectivity index is 2.00. The monoisotopic (exact) mass is 287 g/mol. The van der Waals surface area contributed by atoms with Crippen LogP contribution in [0.4, 0.5) is 5.69 Å². The van der Waals surface area contributed by atoms with Crippen molar-refractivity contribution < 1.29 is 9.53 Å². The number of hydrogen-bond acceptors (Lipinski definition) is 4. The highest BCUT2D eigenvalue weighted by atomic mass is 16.5. The molecule has 1 aliphatic heterocycles. The molecule has 1 fully saturated rings. The minimum Gasteiger partial charge on any atom is -0.479 e. The molecule has 1 aromatic rings. The Morgan fingerprint density at radius 1 is 1.48 bits per heavy atom. The number of nitriles is 1. The van der Waals surface area contributed by atoms with E-state index in [0.29, 0.717) is 5.75 Å². The van der Waals surface area contributed by atoms with Gasteiger partial charge in [0.2, 0.25) is 5.91 Å². The van der Waals surface area contributed by atoms with E-state index in [9.17, 15) is 4.79 Å². The fourth-order valence-corrected chi connectivity index (χ4v) is 2.76. The van der Waals surface area contributed by atoms with Crippen molar-refractivity contribution in [3.05, 3.63) is 24.3 Å². The van der Waals surface area contributed by atoms with Gasteiger partial charge in [0.1, 0.15) is 11.8 Å². The Bertz CT molecular complexity index is 513. The number of rotatable bonds is 6. The third kappa shape index (κ3) is 3.73. The van der Waals surface area contributed by atoms with Crippen LogP contribution in [-0.4, -0.2) is 25.6 Å². The van der Waals surface area contributed by atoms with Crippen LogP contribution in [0.25, 0.3) is 0 Å². The molecule has 1 aromatic carbocycles. The highest BCUT2D eigenvalue weighted by Crippen LogP contribution is 2.32. The maximum atomic E-state index is 12.6. The first-order chi connectivity index (χ1) is 10.2. The molecule has 0 bridgehead atoms. The summed E-state index contributed by atoms with van der Waals surface area (Å²) in [5.41, 5.74) is 0.469. The van der Waals surface area contributed by atoms with Gasteiger partial charge >= 0.3 is 0 Å². The number of benzene rings is 1. The average Bonchev–Trinajstić information content (AvgIpc) is 2.97. The van der Waals surface area contributed by atoms with Gasteiger partial charge in [0, 0.05) is 12.2 Å². The molecule has 0 aromatic heterocycles. The van der Waals surface area contributed by atoms with E-state index in [1.807, 2.05) is 6.07 Å². The van der Waals surface area contributed by atoms with Crippen LogP contribution in [0.1, 0.15) is 26.2 Å². The van der Waals surface area contributed by atoms with Crippen LogP contribution in [-0.2, 0) is 4.79 Å². The van der Waals surface area contributed by atoms with Crippen molar-refractivity contribution in [1.82, 2.24) is 5.32 Å². The number of carbonyl (C=O) groups is 1. The molecular weight excluding hydrogens is 266 g/mol. The van der Waals surface area contributed by atoms with Gasteiger partial charge in [-0.15, -0.1) is 0 Å². The van der Waals surface area contributed by atoms with Gasteiger partial charge < -0.3 is 15.4 Å². The standard InChI is InChI=1S/C16H21N3O2/c1-2-7-16(8-10-18-12-16)15(20)19-13-3-5-14(6-4-13)21-11-9-17/h3-6,18H,2,7-8,10-12H2,1H3,(H,19,20). The normalized spacial score (nSPS) is 20.8. The summed E-state index contributed by atoms with van der Waals surface area (Å²) < 4.78 is 5.19. The quantitative estimate of drug-likeness (QED) is 0.842. The van der Waals surface area contributed by atoms with Crippen LogP contribution in [0.2, 0.25) is 0 Å². The second kappa shape index (κ2) is 7.09. The molecule has 1 heterocycles. The molecule has 1 atom stereocenters. The lowest BCUT2D eigenvalue weighted by molar-refractivity contribution is -0.125. The van der Waals surface area contributed by atoms with Crippen molar-refractivity contribution >= 4 is 11.6 Å². The van der Waals surface area contributed by atoms with Crippen LogP contribution in [0.3, 0.4) is 0 Å². The minimum atomic E-state index is -0.287. The Hall–Kier alpha value is -2.06. The number of anilines is 1. The van der Waals surface area contributed by atoms with E-state index in [1.54, 1.807) is 24.3 Å². The van der Waals surface area contributed by atoms with Crippen LogP contribution in [0, 0.1) is 16.7 Å². The number of amides is 1. The third-order valence-corrected chi connectivity index (χ3v) is 3.87. The summed E-state index contributed by atoms with van der Waals surface area (Å²) in [6.07, 6.45) is 2.78. The number of nitrogens with zero attached hydrogens (tertiary/aromatic N) is 1. The number of nitrogens with one attached hydrogen (secondary N) is 2. The first-order valence-corrected chi connectivity index (χ1v) is 7.32. The SMILES string of the molecule is CCCC1(C(=O)Nc2ccc(OCC#N)cc2)CCNC1. The third-order valence-electron chi connectivity index (χ3n) is 3.87. The molecule has 1 amide bonds. The van der Waals surface area contributed by atoms with Gasteiger partial charge in [0.25, 0.3) is 0 Å². The summed E-state index contributed by atoms with van der Waals surface area (Å²) in [6, 6.07) is 9.03. The molecule has 112 valence electrons. The molecule has 2 rings (SSSR count). The van der Waals surface area contributed by atoms with Crippen molar-refractivity contribution in [1.29, 1.82) is 5.26 Å². The fraction of sp³-hybridized carbons (Fsp3) is 0.500. The lowest BCUT2D eigenvalue weighted by atomic mass is 9.81. The lowest BCUT2D eigenvalue weighted by Gasteiger charge is -2.26. The predicted molar refractivity (Wildman–Crippen MR) is 81.0 cm³/mol. The molecule has 5 heteroatoms. The molecule has 2 N–H and O–H groups in total. The van der Waals surface area contributed by atoms with Crippen molar-refractivity contribution in [2.45, 2.75) is 26.2 Å². The molecule has 1 aliphatic rings. The van der Waals surface area contributed by atoms with Crippen molar-refractivity contribution in [2.75, 3.05) is 25.0 Å². The lowest BCUT2D eigenvalue weighted by Crippen LogP contribution is -2.38. The summed E-state index contributed by atoms with van der Waals surface area (Å²) >= 11 is 0. The van der Waals surface area contributed by atoms with Gasteiger partial charge in [-0.2, -0.15) is 5.26 Å². The zero-order valence-electron chi connectivity index (χ0n) is 12.3. The Morgan fingerprint density at radius 2 is 2.24 bits per heavy atom. The van der Waals surface area contributed by atoms with Crippen LogP contribution < -0.4 is 15.4 Å². The Morgan fingerprint density at radius 3 is 2.81 bits per heavy atom. The van der Waals surface area contributed by atoms with Crippen molar-refractivity contribution in [3.63, 3.8) is 0 Å². The minimum absolute atomic E-state index is 0.0248. The maximum absolute atomic E-state index is 12.6.